The first-order chi connectivity index (χ1) is 11.4. The molecule has 0 aromatic carbocycles. The molecule has 126 valence electrons. The fourth-order valence-electron chi connectivity index (χ4n) is 2.53. The van der Waals surface area contributed by atoms with Gasteiger partial charge >= 0.3 is 0 Å². The summed E-state index contributed by atoms with van der Waals surface area (Å²) in [6.45, 7) is 6.47. The van der Waals surface area contributed by atoms with Gasteiger partial charge in [0.1, 0.15) is 0 Å². The van der Waals surface area contributed by atoms with Gasteiger partial charge in [-0.2, -0.15) is 0 Å². The smallest absolute Gasteiger partial charge is 0.259 e. The van der Waals surface area contributed by atoms with Gasteiger partial charge in [0.2, 0.25) is 0 Å². The summed E-state index contributed by atoms with van der Waals surface area (Å²) < 4.78 is 6.35. The van der Waals surface area contributed by atoms with E-state index in [-0.39, 0.29) is 11.8 Å². The summed E-state index contributed by atoms with van der Waals surface area (Å²) >= 11 is 5.08. The van der Waals surface area contributed by atoms with Gasteiger partial charge in [0, 0.05) is 17.6 Å². The van der Waals surface area contributed by atoms with Crippen LogP contribution in [0.3, 0.4) is 0 Å². The third-order valence-corrected chi connectivity index (χ3v) is 5.44. The zero-order valence-electron chi connectivity index (χ0n) is 14.0. The van der Waals surface area contributed by atoms with E-state index >= 15 is 0 Å². The van der Waals surface area contributed by atoms with Crippen molar-refractivity contribution in [2.75, 3.05) is 7.05 Å². The molecule has 0 aliphatic carbocycles. The van der Waals surface area contributed by atoms with E-state index in [0.29, 0.717) is 28.9 Å². The van der Waals surface area contributed by atoms with Crippen LogP contribution in [-0.2, 0) is 6.54 Å². The fourth-order valence-corrected chi connectivity index (χ4v) is 4.06. The maximum absolute atomic E-state index is 13.0. The summed E-state index contributed by atoms with van der Waals surface area (Å²) in [5, 5.41) is 4.67. The van der Waals surface area contributed by atoms with Gasteiger partial charge in [0.15, 0.2) is 0 Å². The average Bonchev–Trinajstić information content (AvgIpc) is 3.11. The second kappa shape index (κ2) is 6.64. The number of aryl methyl sites for hydroxylation is 1. The van der Waals surface area contributed by atoms with Gasteiger partial charge in [-0.25, -0.2) is 4.98 Å². The number of carbonyl (C=O) groups excluding carboxylic acids is 1. The molecular formula is C17H18BrN3O2S. The normalized spacial score (nSPS) is 11.4. The van der Waals surface area contributed by atoms with E-state index in [9.17, 15) is 4.79 Å². The number of nitrogens with zero attached hydrogens (tertiary/aromatic N) is 3. The van der Waals surface area contributed by atoms with Crippen molar-refractivity contribution in [2.24, 2.45) is 0 Å². The number of pyridine rings is 1. The average molecular weight is 408 g/mol. The van der Waals surface area contributed by atoms with Gasteiger partial charge in [-0.15, -0.1) is 11.3 Å². The first-order valence-corrected chi connectivity index (χ1v) is 9.24. The van der Waals surface area contributed by atoms with Crippen LogP contribution in [-0.4, -0.2) is 28.0 Å². The van der Waals surface area contributed by atoms with Gasteiger partial charge in [-0.05, 0) is 47.0 Å². The van der Waals surface area contributed by atoms with Crippen LogP contribution in [0.5, 0.6) is 0 Å². The lowest BCUT2D eigenvalue weighted by atomic mass is 10.0. The quantitative estimate of drug-likeness (QED) is 0.625. The van der Waals surface area contributed by atoms with Crippen LogP contribution < -0.4 is 0 Å². The summed E-state index contributed by atoms with van der Waals surface area (Å²) in [5.74, 6) is 0.144. The summed E-state index contributed by atoms with van der Waals surface area (Å²) in [6, 6.07) is 5.87. The fraction of sp³-hybridized carbons (Fsp3) is 0.353. The Morgan fingerprint density at radius 2 is 2.17 bits per heavy atom. The molecule has 1 amide bonds. The Labute approximate surface area is 152 Å². The zero-order chi connectivity index (χ0) is 17.4. The molecule has 24 heavy (non-hydrogen) atoms. The van der Waals surface area contributed by atoms with Crippen LogP contribution >= 0.6 is 27.3 Å². The number of aromatic nitrogens is 2. The summed E-state index contributed by atoms with van der Waals surface area (Å²) in [5.41, 5.74) is 2.53. The van der Waals surface area contributed by atoms with Crippen LogP contribution in [0.25, 0.3) is 11.1 Å². The van der Waals surface area contributed by atoms with Crippen molar-refractivity contribution < 1.29 is 9.32 Å². The molecule has 3 rings (SSSR count). The Kier molecular flexibility index (Phi) is 4.73. The van der Waals surface area contributed by atoms with Crippen LogP contribution in [0.2, 0.25) is 0 Å². The molecule has 0 aliphatic heterocycles. The highest BCUT2D eigenvalue weighted by molar-refractivity contribution is 9.11. The zero-order valence-corrected chi connectivity index (χ0v) is 16.4. The van der Waals surface area contributed by atoms with Gasteiger partial charge in [0.25, 0.3) is 11.6 Å². The first-order valence-electron chi connectivity index (χ1n) is 7.63. The van der Waals surface area contributed by atoms with Crippen molar-refractivity contribution in [1.82, 2.24) is 15.0 Å². The Balaban J connectivity index is 2.00. The molecule has 0 fully saturated rings. The Bertz CT molecular complexity index is 901. The van der Waals surface area contributed by atoms with Crippen LogP contribution in [0, 0.1) is 6.92 Å². The lowest BCUT2D eigenvalue weighted by Gasteiger charge is -2.17. The summed E-state index contributed by atoms with van der Waals surface area (Å²) in [7, 11) is 1.81. The number of thiophene rings is 1. The van der Waals surface area contributed by atoms with E-state index in [1.54, 1.807) is 23.3 Å². The number of amides is 1. The largest absolute Gasteiger partial charge is 0.337 e. The minimum Gasteiger partial charge on any atom is -0.337 e. The maximum Gasteiger partial charge on any atom is 0.259 e. The number of rotatable bonds is 4. The monoisotopic (exact) mass is 407 g/mol. The van der Waals surface area contributed by atoms with Crippen molar-refractivity contribution in [1.29, 1.82) is 0 Å². The lowest BCUT2D eigenvalue weighted by molar-refractivity contribution is 0.0788. The number of hydrogen-bond donors (Lipinski definition) is 0. The highest BCUT2D eigenvalue weighted by atomic mass is 79.9. The van der Waals surface area contributed by atoms with Gasteiger partial charge in [0.05, 0.1) is 27.0 Å². The highest BCUT2D eigenvalue weighted by Gasteiger charge is 2.22. The summed E-state index contributed by atoms with van der Waals surface area (Å²) in [4.78, 5) is 20.3. The molecule has 0 aliphatic rings. The first kappa shape index (κ1) is 17.1. The molecule has 0 saturated carbocycles. The van der Waals surface area contributed by atoms with E-state index in [0.717, 1.165) is 14.4 Å². The second-order valence-electron chi connectivity index (χ2n) is 6.06. The van der Waals surface area contributed by atoms with Crippen LogP contribution in [0.4, 0.5) is 0 Å². The molecule has 0 unspecified atom stereocenters. The molecule has 3 aromatic heterocycles. The molecule has 0 atom stereocenters. The third-order valence-electron chi connectivity index (χ3n) is 3.83. The van der Waals surface area contributed by atoms with Gasteiger partial charge < -0.3 is 9.42 Å². The Morgan fingerprint density at radius 3 is 2.79 bits per heavy atom. The third kappa shape index (κ3) is 3.23. The molecule has 3 heterocycles. The molecular weight excluding hydrogens is 390 g/mol. The molecule has 0 radical (unpaired) electrons. The molecule has 7 heteroatoms. The number of fused-ring (bicyclic) bond motifs is 1. The van der Waals surface area contributed by atoms with E-state index in [4.69, 9.17) is 4.52 Å². The van der Waals surface area contributed by atoms with Crippen molar-refractivity contribution in [3.63, 3.8) is 0 Å². The number of halogens is 1. The van der Waals surface area contributed by atoms with Crippen molar-refractivity contribution in [2.45, 2.75) is 33.2 Å². The number of hydrogen-bond acceptors (Lipinski definition) is 5. The molecule has 5 nitrogen and oxygen atoms in total. The van der Waals surface area contributed by atoms with E-state index in [1.165, 1.54) is 0 Å². The summed E-state index contributed by atoms with van der Waals surface area (Å²) in [6.07, 6.45) is 0. The van der Waals surface area contributed by atoms with Crippen molar-refractivity contribution in [3.8, 4) is 0 Å². The number of carbonyl (C=O) groups is 1. The Hall–Kier alpha value is -1.73. The molecule has 3 aromatic rings. The van der Waals surface area contributed by atoms with Crippen LogP contribution in [0.1, 0.15) is 46.4 Å². The Morgan fingerprint density at radius 1 is 1.42 bits per heavy atom. The predicted octanol–water partition coefficient (Wildman–Crippen LogP) is 4.75. The SMILES string of the molecule is Cc1noc2nc(C(C)C)cc(C(=O)N(C)Cc3ccc(Br)s3)c12. The molecule has 0 spiro atoms. The van der Waals surface area contributed by atoms with Gasteiger partial charge in [-0.3, -0.25) is 4.79 Å². The van der Waals surface area contributed by atoms with Crippen LogP contribution in [0.15, 0.2) is 26.5 Å². The second-order valence-corrected chi connectivity index (χ2v) is 8.61. The van der Waals surface area contributed by atoms with E-state index in [1.807, 2.05) is 39.0 Å². The standard InChI is InChI=1S/C17H18BrN3O2S/c1-9(2)13-7-12(15-10(3)20-23-16(15)19-13)17(22)21(4)8-11-5-6-14(18)24-11/h5-7,9H,8H2,1-4H3. The van der Waals surface area contributed by atoms with E-state index < -0.39 is 0 Å². The predicted molar refractivity (Wildman–Crippen MR) is 98.4 cm³/mol. The molecule has 0 bridgehead atoms. The molecule has 0 N–H and O–H groups in total. The van der Waals surface area contributed by atoms with Crippen molar-refractivity contribution in [3.05, 3.63) is 43.8 Å². The minimum atomic E-state index is -0.0554. The van der Waals surface area contributed by atoms with Crippen molar-refractivity contribution >= 4 is 44.3 Å². The lowest BCUT2D eigenvalue weighted by Crippen LogP contribution is -2.26. The minimum absolute atomic E-state index is 0.0554. The molecule has 0 saturated heterocycles. The highest BCUT2D eigenvalue weighted by Crippen LogP contribution is 2.27. The van der Waals surface area contributed by atoms with Gasteiger partial charge in [-0.1, -0.05) is 19.0 Å². The maximum atomic E-state index is 13.0. The van der Waals surface area contributed by atoms with E-state index in [2.05, 4.69) is 26.1 Å². The topological polar surface area (TPSA) is 59.2 Å².